The number of hydrogen-bond acceptors (Lipinski definition) is 3. The summed E-state index contributed by atoms with van der Waals surface area (Å²) in [7, 11) is -3.59. The molecular formula is C22H28N2O3S. The molecule has 0 radical (unpaired) electrons. The molecule has 1 aliphatic rings. The van der Waals surface area contributed by atoms with E-state index in [0.29, 0.717) is 24.2 Å². The van der Waals surface area contributed by atoms with Crippen molar-refractivity contribution in [2.24, 2.45) is 0 Å². The predicted molar refractivity (Wildman–Crippen MR) is 112 cm³/mol. The average Bonchev–Trinajstić information content (AvgIpc) is 2.65. The number of nitrogens with zero attached hydrogens (tertiary/aromatic N) is 1. The first-order chi connectivity index (χ1) is 13.2. The summed E-state index contributed by atoms with van der Waals surface area (Å²) in [6.07, 6.45) is 2.82. The summed E-state index contributed by atoms with van der Waals surface area (Å²) in [5, 5.41) is 2.95. The van der Waals surface area contributed by atoms with E-state index >= 15 is 0 Å². The van der Waals surface area contributed by atoms with Crippen molar-refractivity contribution in [3.63, 3.8) is 0 Å². The standard InChI is InChI=1S/C22H28N2O3S/c1-15-12-17(3)21(18(4)13-15)23-22(25)19-9-8-16(2)20(14-19)28(26,27)24-10-6-5-7-11-24/h8-9,12-14H,5-7,10-11H2,1-4H3,(H,23,25). The highest BCUT2D eigenvalue weighted by molar-refractivity contribution is 7.89. The number of benzene rings is 2. The maximum absolute atomic E-state index is 13.1. The second-order valence-electron chi connectivity index (χ2n) is 7.67. The average molecular weight is 401 g/mol. The molecular weight excluding hydrogens is 372 g/mol. The van der Waals surface area contributed by atoms with Gasteiger partial charge in [-0.05, 0) is 69.4 Å². The van der Waals surface area contributed by atoms with Gasteiger partial charge in [-0.1, -0.05) is 30.2 Å². The molecule has 150 valence electrons. The molecule has 1 fully saturated rings. The van der Waals surface area contributed by atoms with E-state index in [1.807, 2.05) is 32.9 Å². The first kappa shape index (κ1) is 20.6. The summed E-state index contributed by atoms with van der Waals surface area (Å²) >= 11 is 0. The molecule has 0 unspecified atom stereocenters. The lowest BCUT2D eigenvalue weighted by molar-refractivity contribution is 0.102. The number of aryl methyl sites for hydroxylation is 4. The summed E-state index contributed by atoms with van der Waals surface area (Å²) in [6, 6.07) is 8.93. The zero-order chi connectivity index (χ0) is 20.5. The largest absolute Gasteiger partial charge is 0.322 e. The van der Waals surface area contributed by atoms with Crippen molar-refractivity contribution in [2.45, 2.75) is 51.9 Å². The molecule has 1 amide bonds. The van der Waals surface area contributed by atoms with Gasteiger partial charge in [0.1, 0.15) is 0 Å². The molecule has 1 aliphatic heterocycles. The first-order valence-electron chi connectivity index (χ1n) is 9.70. The second kappa shape index (κ2) is 8.05. The normalized spacial score (nSPS) is 15.4. The van der Waals surface area contributed by atoms with Crippen LogP contribution in [-0.4, -0.2) is 31.7 Å². The molecule has 28 heavy (non-hydrogen) atoms. The molecule has 1 N–H and O–H groups in total. The van der Waals surface area contributed by atoms with Gasteiger partial charge in [-0.15, -0.1) is 0 Å². The zero-order valence-electron chi connectivity index (χ0n) is 17.0. The van der Waals surface area contributed by atoms with Crippen molar-refractivity contribution >= 4 is 21.6 Å². The van der Waals surface area contributed by atoms with Crippen LogP contribution in [0.15, 0.2) is 35.2 Å². The summed E-state index contributed by atoms with van der Waals surface area (Å²) < 4.78 is 27.7. The summed E-state index contributed by atoms with van der Waals surface area (Å²) in [6.45, 7) is 8.78. The van der Waals surface area contributed by atoms with E-state index in [1.54, 1.807) is 19.1 Å². The van der Waals surface area contributed by atoms with Crippen molar-refractivity contribution in [1.29, 1.82) is 0 Å². The van der Waals surface area contributed by atoms with Crippen LogP contribution in [-0.2, 0) is 10.0 Å². The van der Waals surface area contributed by atoms with Gasteiger partial charge < -0.3 is 5.32 Å². The number of carbonyl (C=O) groups excluding carboxylic acids is 1. The highest BCUT2D eigenvalue weighted by atomic mass is 32.2. The van der Waals surface area contributed by atoms with Crippen molar-refractivity contribution in [2.75, 3.05) is 18.4 Å². The van der Waals surface area contributed by atoms with E-state index in [-0.39, 0.29) is 10.8 Å². The Kier molecular flexibility index (Phi) is 5.91. The van der Waals surface area contributed by atoms with Gasteiger partial charge in [0.15, 0.2) is 0 Å². The fraction of sp³-hybridized carbons (Fsp3) is 0.409. The number of hydrogen-bond donors (Lipinski definition) is 1. The van der Waals surface area contributed by atoms with Crippen LogP contribution in [0.1, 0.15) is 51.9 Å². The molecule has 2 aromatic rings. The Hall–Kier alpha value is -2.18. The van der Waals surface area contributed by atoms with Crippen LogP contribution in [0.3, 0.4) is 0 Å². The smallest absolute Gasteiger partial charge is 0.255 e. The lowest BCUT2D eigenvalue weighted by Gasteiger charge is -2.26. The van der Waals surface area contributed by atoms with Crippen LogP contribution in [0.25, 0.3) is 0 Å². The minimum absolute atomic E-state index is 0.222. The van der Waals surface area contributed by atoms with Crippen LogP contribution in [0.4, 0.5) is 5.69 Å². The van der Waals surface area contributed by atoms with E-state index in [1.165, 1.54) is 10.4 Å². The van der Waals surface area contributed by atoms with Crippen LogP contribution in [0.2, 0.25) is 0 Å². The van der Waals surface area contributed by atoms with Crippen molar-refractivity contribution < 1.29 is 13.2 Å². The summed E-state index contributed by atoms with van der Waals surface area (Å²) in [5.74, 6) is -0.301. The van der Waals surface area contributed by atoms with Gasteiger partial charge in [-0.2, -0.15) is 4.31 Å². The highest BCUT2D eigenvalue weighted by Gasteiger charge is 2.28. The Morgan fingerprint density at radius 1 is 0.893 bits per heavy atom. The molecule has 0 atom stereocenters. The Balaban J connectivity index is 1.92. The van der Waals surface area contributed by atoms with Gasteiger partial charge >= 0.3 is 0 Å². The second-order valence-corrected chi connectivity index (χ2v) is 9.58. The van der Waals surface area contributed by atoms with E-state index in [9.17, 15) is 13.2 Å². The van der Waals surface area contributed by atoms with Gasteiger partial charge in [0.25, 0.3) is 5.91 Å². The number of rotatable bonds is 4. The van der Waals surface area contributed by atoms with E-state index in [2.05, 4.69) is 5.32 Å². The number of anilines is 1. The molecule has 0 bridgehead atoms. The monoisotopic (exact) mass is 400 g/mol. The molecule has 3 rings (SSSR count). The third-order valence-corrected chi connectivity index (χ3v) is 7.34. The van der Waals surface area contributed by atoms with Gasteiger partial charge in [-0.25, -0.2) is 8.42 Å². The van der Waals surface area contributed by atoms with Crippen molar-refractivity contribution in [3.8, 4) is 0 Å². The highest BCUT2D eigenvalue weighted by Crippen LogP contribution is 2.26. The number of amides is 1. The maximum atomic E-state index is 13.1. The van der Waals surface area contributed by atoms with Crippen molar-refractivity contribution in [1.82, 2.24) is 4.31 Å². The van der Waals surface area contributed by atoms with Crippen LogP contribution in [0, 0.1) is 27.7 Å². The molecule has 1 saturated heterocycles. The minimum atomic E-state index is -3.59. The zero-order valence-corrected chi connectivity index (χ0v) is 17.8. The maximum Gasteiger partial charge on any atom is 0.255 e. The lowest BCUT2D eigenvalue weighted by atomic mass is 10.0. The number of nitrogens with one attached hydrogen (secondary N) is 1. The quantitative estimate of drug-likeness (QED) is 0.830. The van der Waals surface area contributed by atoms with Gasteiger partial charge in [0.05, 0.1) is 4.90 Å². The van der Waals surface area contributed by atoms with Gasteiger partial charge in [-0.3, -0.25) is 4.79 Å². The lowest BCUT2D eigenvalue weighted by Crippen LogP contribution is -2.36. The Bertz CT molecular complexity index is 983. The van der Waals surface area contributed by atoms with Crippen LogP contribution >= 0.6 is 0 Å². The van der Waals surface area contributed by atoms with E-state index in [0.717, 1.165) is 41.6 Å². The Morgan fingerprint density at radius 2 is 1.50 bits per heavy atom. The molecule has 2 aromatic carbocycles. The SMILES string of the molecule is Cc1cc(C)c(NC(=O)c2ccc(C)c(S(=O)(=O)N3CCCCC3)c2)c(C)c1. The van der Waals surface area contributed by atoms with E-state index in [4.69, 9.17) is 0 Å². The molecule has 0 aromatic heterocycles. The number of piperidine rings is 1. The van der Waals surface area contributed by atoms with Crippen LogP contribution < -0.4 is 5.32 Å². The molecule has 1 heterocycles. The molecule has 0 spiro atoms. The minimum Gasteiger partial charge on any atom is -0.322 e. The summed E-state index contributed by atoms with van der Waals surface area (Å²) in [5.41, 5.74) is 4.89. The van der Waals surface area contributed by atoms with Crippen molar-refractivity contribution in [3.05, 3.63) is 58.1 Å². The molecule has 0 saturated carbocycles. The predicted octanol–water partition coefficient (Wildman–Crippen LogP) is 4.35. The fourth-order valence-corrected chi connectivity index (χ4v) is 5.59. The topological polar surface area (TPSA) is 66.5 Å². The molecule has 6 heteroatoms. The van der Waals surface area contributed by atoms with Gasteiger partial charge in [0.2, 0.25) is 10.0 Å². The van der Waals surface area contributed by atoms with Crippen LogP contribution in [0.5, 0.6) is 0 Å². The van der Waals surface area contributed by atoms with E-state index < -0.39 is 10.0 Å². The van der Waals surface area contributed by atoms with Gasteiger partial charge in [0, 0.05) is 24.3 Å². The molecule has 0 aliphatic carbocycles. The third-order valence-electron chi connectivity index (χ3n) is 5.30. The molecule has 5 nitrogen and oxygen atoms in total. The Morgan fingerprint density at radius 3 is 2.11 bits per heavy atom. The first-order valence-corrected chi connectivity index (χ1v) is 11.1. The Labute approximate surface area is 167 Å². The number of carbonyl (C=O) groups is 1. The third kappa shape index (κ3) is 4.13. The number of sulfonamides is 1. The summed E-state index contributed by atoms with van der Waals surface area (Å²) in [4.78, 5) is 13.1. The fourth-order valence-electron chi connectivity index (χ4n) is 3.83.